The average Bonchev–Trinajstić information content (AvgIpc) is 2.82. The van der Waals surface area contributed by atoms with Gasteiger partial charge in [0.2, 0.25) is 0 Å². The van der Waals surface area contributed by atoms with E-state index in [1.165, 1.54) is 5.56 Å². The van der Waals surface area contributed by atoms with Gasteiger partial charge in [0, 0.05) is 37.7 Å². The molecule has 4 nitrogen and oxygen atoms in total. The SMILES string of the molecule is CCC1Cc2cc(N3CCN(C)CC3)c(OC)cc2C1=O. The Labute approximate surface area is 126 Å². The highest BCUT2D eigenvalue weighted by Crippen LogP contribution is 2.38. The highest BCUT2D eigenvalue weighted by atomic mass is 16.5. The van der Waals surface area contributed by atoms with E-state index in [1.54, 1.807) is 7.11 Å². The second-order valence-electron chi connectivity index (χ2n) is 6.15. The minimum absolute atomic E-state index is 0.160. The Kier molecular flexibility index (Phi) is 3.89. The molecule has 0 radical (unpaired) electrons. The lowest BCUT2D eigenvalue weighted by atomic mass is 10.0. The molecule has 114 valence electrons. The van der Waals surface area contributed by atoms with E-state index in [0.717, 1.165) is 56.0 Å². The van der Waals surface area contributed by atoms with Crippen LogP contribution < -0.4 is 9.64 Å². The molecule has 1 aliphatic heterocycles. The van der Waals surface area contributed by atoms with Gasteiger partial charge in [-0.15, -0.1) is 0 Å². The van der Waals surface area contributed by atoms with E-state index in [0.29, 0.717) is 0 Å². The molecule has 1 heterocycles. The lowest BCUT2D eigenvalue weighted by Crippen LogP contribution is -2.44. The van der Waals surface area contributed by atoms with Crippen LogP contribution in [0.15, 0.2) is 12.1 Å². The topological polar surface area (TPSA) is 32.8 Å². The molecule has 0 saturated carbocycles. The summed E-state index contributed by atoms with van der Waals surface area (Å²) >= 11 is 0. The molecule has 3 rings (SSSR count). The standard InChI is InChI=1S/C17H24N2O2/c1-4-12-9-13-10-15(19-7-5-18(2)6-8-19)16(21-3)11-14(13)17(12)20/h10-12H,4-9H2,1-3H3. The molecule has 21 heavy (non-hydrogen) atoms. The minimum atomic E-state index is 0.160. The summed E-state index contributed by atoms with van der Waals surface area (Å²) in [5.41, 5.74) is 3.21. The number of nitrogens with zero attached hydrogens (tertiary/aromatic N) is 2. The smallest absolute Gasteiger partial charge is 0.166 e. The molecule has 0 spiro atoms. The summed E-state index contributed by atoms with van der Waals surface area (Å²) in [7, 11) is 3.85. The first-order valence-corrected chi connectivity index (χ1v) is 7.82. The summed E-state index contributed by atoms with van der Waals surface area (Å²) in [5.74, 6) is 1.28. The predicted octanol–water partition coefficient (Wildman–Crippen LogP) is 2.21. The summed E-state index contributed by atoms with van der Waals surface area (Å²) < 4.78 is 5.56. The van der Waals surface area contributed by atoms with Gasteiger partial charge in [-0.1, -0.05) is 6.92 Å². The number of anilines is 1. The number of carbonyl (C=O) groups excluding carboxylic acids is 1. The third-order valence-electron chi connectivity index (χ3n) is 4.84. The largest absolute Gasteiger partial charge is 0.495 e. The molecule has 0 amide bonds. The molecular weight excluding hydrogens is 264 g/mol. The Hall–Kier alpha value is -1.55. The molecule has 1 aliphatic carbocycles. The number of Topliss-reactive ketones (excluding diaryl/α,β-unsaturated/α-hetero) is 1. The number of benzene rings is 1. The molecule has 1 aromatic rings. The number of carbonyl (C=O) groups is 1. The van der Waals surface area contributed by atoms with Crippen LogP contribution in [0.1, 0.15) is 29.3 Å². The zero-order chi connectivity index (χ0) is 15.0. The molecule has 0 N–H and O–H groups in total. The van der Waals surface area contributed by atoms with Crippen LogP contribution >= 0.6 is 0 Å². The number of ketones is 1. The van der Waals surface area contributed by atoms with Gasteiger partial charge in [0.15, 0.2) is 5.78 Å². The highest BCUT2D eigenvalue weighted by molar-refractivity contribution is 6.03. The molecule has 2 aliphatic rings. The van der Waals surface area contributed by atoms with E-state index in [1.807, 2.05) is 6.07 Å². The van der Waals surface area contributed by atoms with Crippen LogP contribution in [0.4, 0.5) is 5.69 Å². The van der Waals surface area contributed by atoms with Crippen molar-refractivity contribution in [1.82, 2.24) is 4.90 Å². The molecule has 4 heteroatoms. The fraction of sp³-hybridized carbons (Fsp3) is 0.588. The zero-order valence-corrected chi connectivity index (χ0v) is 13.2. The predicted molar refractivity (Wildman–Crippen MR) is 84.5 cm³/mol. The van der Waals surface area contributed by atoms with Crippen molar-refractivity contribution in [3.05, 3.63) is 23.3 Å². The van der Waals surface area contributed by atoms with Crippen molar-refractivity contribution in [3.63, 3.8) is 0 Å². The van der Waals surface area contributed by atoms with Crippen molar-refractivity contribution in [2.75, 3.05) is 45.2 Å². The summed E-state index contributed by atoms with van der Waals surface area (Å²) in [4.78, 5) is 17.1. The molecule has 1 unspecified atom stereocenters. The number of piperazine rings is 1. The quantitative estimate of drug-likeness (QED) is 0.854. The van der Waals surface area contributed by atoms with Gasteiger partial charge in [-0.2, -0.15) is 0 Å². The number of methoxy groups -OCH3 is 1. The lowest BCUT2D eigenvalue weighted by molar-refractivity contribution is 0.0934. The maximum absolute atomic E-state index is 12.4. The van der Waals surface area contributed by atoms with Crippen LogP contribution in [0, 0.1) is 5.92 Å². The van der Waals surface area contributed by atoms with Gasteiger partial charge in [0.1, 0.15) is 5.75 Å². The number of hydrogen-bond acceptors (Lipinski definition) is 4. The molecule has 1 atom stereocenters. The molecule has 1 aromatic carbocycles. The van der Waals surface area contributed by atoms with Gasteiger partial charge in [-0.3, -0.25) is 4.79 Å². The molecule has 0 bridgehead atoms. The average molecular weight is 288 g/mol. The lowest BCUT2D eigenvalue weighted by Gasteiger charge is -2.35. The van der Waals surface area contributed by atoms with Crippen LogP contribution in [0.25, 0.3) is 0 Å². The monoisotopic (exact) mass is 288 g/mol. The summed E-state index contributed by atoms with van der Waals surface area (Å²) in [5, 5.41) is 0. The van der Waals surface area contributed by atoms with Crippen molar-refractivity contribution in [1.29, 1.82) is 0 Å². The summed E-state index contributed by atoms with van der Waals surface area (Å²) in [6.45, 7) is 6.24. The van der Waals surface area contributed by atoms with Crippen LogP contribution in [-0.2, 0) is 6.42 Å². The highest BCUT2D eigenvalue weighted by Gasteiger charge is 2.31. The molecule has 1 saturated heterocycles. The fourth-order valence-corrected chi connectivity index (χ4v) is 3.38. The van der Waals surface area contributed by atoms with Gasteiger partial charge < -0.3 is 14.5 Å². The van der Waals surface area contributed by atoms with Gasteiger partial charge in [0.05, 0.1) is 12.8 Å². The maximum atomic E-state index is 12.4. The number of hydrogen-bond donors (Lipinski definition) is 0. The Morgan fingerprint density at radius 1 is 1.24 bits per heavy atom. The third kappa shape index (κ3) is 2.53. The number of rotatable bonds is 3. The first-order valence-electron chi connectivity index (χ1n) is 7.82. The van der Waals surface area contributed by atoms with Crippen molar-refractivity contribution in [2.24, 2.45) is 5.92 Å². The van der Waals surface area contributed by atoms with Gasteiger partial charge in [-0.05, 0) is 37.6 Å². The van der Waals surface area contributed by atoms with Crippen molar-refractivity contribution >= 4 is 11.5 Å². The Morgan fingerprint density at radius 3 is 2.57 bits per heavy atom. The second kappa shape index (κ2) is 5.68. The summed E-state index contributed by atoms with van der Waals surface area (Å²) in [6.07, 6.45) is 1.80. The maximum Gasteiger partial charge on any atom is 0.166 e. The first-order chi connectivity index (χ1) is 10.1. The Bertz CT molecular complexity index is 548. The van der Waals surface area contributed by atoms with Crippen LogP contribution in [0.5, 0.6) is 5.75 Å². The summed E-state index contributed by atoms with van der Waals surface area (Å²) in [6, 6.07) is 4.15. The molecular formula is C17H24N2O2. The normalized spacial score (nSPS) is 22.5. The number of likely N-dealkylation sites (N-methyl/N-ethyl adjacent to an activating group) is 1. The fourth-order valence-electron chi connectivity index (χ4n) is 3.38. The van der Waals surface area contributed by atoms with Crippen LogP contribution in [-0.4, -0.2) is 51.0 Å². The Balaban J connectivity index is 1.94. The van der Waals surface area contributed by atoms with Crippen molar-refractivity contribution in [3.8, 4) is 5.75 Å². The first kappa shape index (κ1) is 14.4. The van der Waals surface area contributed by atoms with Crippen LogP contribution in [0.2, 0.25) is 0 Å². The Morgan fingerprint density at radius 2 is 1.95 bits per heavy atom. The van der Waals surface area contributed by atoms with Crippen molar-refractivity contribution < 1.29 is 9.53 Å². The van der Waals surface area contributed by atoms with Gasteiger partial charge in [0.25, 0.3) is 0 Å². The minimum Gasteiger partial charge on any atom is -0.495 e. The van der Waals surface area contributed by atoms with E-state index in [9.17, 15) is 4.79 Å². The number of ether oxygens (including phenoxy) is 1. The van der Waals surface area contributed by atoms with E-state index < -0.39 is 0 Å². The number of fused-ring (bicyclic) bond motifs is 1. The van der Waals surface area contributed by atoms with E-state index in [-0.39, 0.29) is 11.7 Å². The van der Waals surface area contributed by atoms with Crippen molar-refractivity contribution in [2.45, 2.75) is 19.8 Å². The van der Waals surface area contributed by atoms with E-state index >= 15 is 0 Å². The van der Waals surface area contributed by atoms with E-state index in [4.69, 9.17) is 4.74 Å². The molecule has 1 fully saturated rings. The van der Waals surface area contributed by atoms with Gasteiger partial charge in [-0.25, -0.2) is 0 Å². The van der Waals surface area contributed by atoms with Crippen LogP contribution in [0.3, 0.4) is 0 Å². The third-order valence-corrected chi connectivity index (χ3v) is 4.84. The zero-order valence-electron chi connectivity index (χ0n) is 13.2. The van der Waals surface area contributed by atoms with E-state index in [2.05, 4.69) is 29.8 Å². The second-order valence-corrected chi connectivity index (χ2v) is 6.15. The molecule has 0 aromatic heterocycles. The van der Waals surface area contributed by atoms with Gasteiger partial charge >= 0.3 is 0 Å².